The predicted octanol–water partition coefficient (Wildman–Crippen LogP) is 4.67. The molecule has 0 atom stereocenters. The highest BCUT2D eigenvalue weighted by Crippen LogP contribution is 2.27. The van der Waals surface area contributed by atoms with E-state index in [9.17, 15) is 4.79 Å². The van der Waals surface area contributed by atoms with Crippen LogP contribution in [0.2, 0.25) is 5.02 Å². The lowest BCUT2D eigenvalue weighted by Gasteiger charge is -2.08. The topological polar surface area (TPSA) is 83.6 Å². The Hall–Kier alpha value is -3.51. The van der Waals surface area contributed by atoms with Gasteiger partial charge >= 0.3 is 0 Å². The molecule has 6 nitrogen and oxygen atoms in total. The van der Waals surface area contributed by atoms with E-state index >= 15 is 0 Å². The third-order valence-corrected chi connectivity index (χ3v) is 4.70. The third-order valence-electron chi connectivity index (χ3n) is 4.46. The maximum Gasteiger partial charge on any atom is 0.296 e. The van der Waals surface area contributed by atoms with E-state index in [1.165, 1.54) is 0 Å². The number of pyridine rings is 1. The summed E-state index contributed by atoms with van der Waals surface area (Å²) in [5.74, 6) is 0.689. The highest BCUT2D eigenvalue weighted by molar-refractivity contribution is 6.30. The standard InChI is InChI=1S/C22H18ClN5O/c1-14-7-8-17(23)13-18(14)16-9-10-24-19(12-16)26-22(29)21-25-20(27-28-21)11-15-5-3-2-4-6-15/h2-10,12-13H,11H2,1H3,(H,24,26,29)(H,25,27,28). The Bertz CT molecular complexity index is 1160. The summed E-state index contributed by atoms with van der Waals surface area (Å²) in [4.78, 5) is 21.0. The zero-order valence-corrected chi connectivity index (χ0v) is 16.4. The smallest absolute Gasteiger partial charge is 0.296 e. The van der Waals surface area contributed by atoms with Gasteiger partial charge in [0.1, 0.15) is 11.6 Å². The summed E-state index contributed by atoms with van der Waals surface area (Å²) >= 11 is 6.13. The minimum Gasteiger partial charge on any atom is -0.304 e. The quantitative estimate of drug-likeness (QED) is 0.507. The summed E-state index contributed by atoms with van der Waals surface area (Å²) in [6, 6.07) is 19.2. The van der Waals surface area contributed by atoms with E-state index in [2.05, 4.69) is 25.5 Å². The zero-order valence-electron chi connectivity index (χ0n) is 15.7. The highest BCUT2D eigenvalue weighted by Gasteiger charge is 2.14. The summed E-state index contributed by atoms with van der Waals surface area (Å²) in [7, 11) is 0. The Morgan fingerprint density at radius 2 is 1.93 bits per heavy atom. The Kier molecular flexibility index (Phi) is 5.35. The van der Waals surface area contributed by atoms with E-state index in [0.717, 1.165) is 22.3 Å². The van der Waals surface area contributed by atoms with Gasteiger partial charge in [-0.1, -0.05) is 48.0 Å². The van der Waals surface area contributed by atoms with Crippen molar-refractivity contribution in [2.45, 2.75) is 13.3 Å². The van der Waals surface area contributed by atoms with Crippen molar-refractivity contribution in [2.24, 2.45) is 0 Å². The molecule has 0 fully saturated rings. The lowest BCUT2D eigenvalue weighted by atomic mass is 10.0. The SMILES string of the molecule is Cc1ccc(Cl)cc1-c1ccnc(NC(=O)c2n[nH]c(Cc3ccccc3)n2)c1. The second-order valence-electron chi connectivity index (χ2n) is 6.61. The molecule has 4 aromatic rings. The number of amides is 1. The van der Waals surface area contributed by atoms with Gasteiger partial charge in [0.2, 0.25) is 5.82 Å². The molecule has 0 aliphatic carbocycles. The molecule has 2 heterocycles. The molecule has 29 heavy (non-hydrogen) atoms. The van der Waals surface area contributed by atoms with Crippen molar-refractivity contribution < 1.29 is 4.79 Å². The second-order valence-corrected chi connectivity index (χ2v) is 7.05. The van der Waals surface area contributed by atoms with E-state index in [1.54, 1.807) is 12.3 Å². The highest BCUT2D eigenvalue weighted by atomic mass is 35.5. The minimum absolute atomic E-state index is 0.0714. The number of nitrogens with zero attached hydrogens (tertiary/aromatic N) is 3. The van der Waals surface area contributed by atoms with Crippen molar-refractivity contribution in [3.63, 3.8) is 0 Å². The Morgan fingerprint density at radius 1 is 1.10 bits per heavy atom. The second kappa shape index (κ2) is 8.24. The molecule has 144 valence electrons. The summed E-state index contributed by atoms with van der Waals surface area (Å²) in [6.45, 7) is 2.01. The first-order valence-corrected chi connectivity index (χ1v) is 9.45. The van der Waals surface area contributed by atoms with Gasteiger partial charge in [0.05, 0.1) is 0 Å². The van der Waals surface area contributed by atoms with Gasteiger partial charge in [-0.2, -0.15) is 0 Å². The molecule has 2 aromatic heterocycles. The largest absolute Gasteiger partial charge is 0.304 e. The minimum atomic E-state index is -0.423. The molecule has 0 saturated carbocycles. The number of benzene rings is 2. The molecular formula is C22H18ClN5O. The van der Waals surface area contributed by atoms with Crippen LogP contribution < -0.4 is 5.32 Å². The first-order valence-electron chi connectivity index (χ1n) is 9.07. The van der Waals surface area contributed by atoms with E-state index in [-0.39, 0.29) is 5.82 Å². The van der Waals surface area contributed by atoms with Crippen LogP contribution in [0.3, 0.4) is 0 Å². The number of anilines is 1. The van der Waals surface area contributed by atoms with Crippen LogP contribution >= 0.6 is 11.6 Å². The van der Waals surface area contributed by atoms with Crippen LogP contribution in [0.15, 0.2) is 66.9 Å². The first-order chi connectivity index (χ1) is 14.1. The zero-order chi connectivity index (χ0) is 20.2. The molecule has 1 amide bonds. The van der Waals surface area contributed by atoms with Crippen molar-refractivity contribution in [3.05, 3.63) is 94.7 Å². The van der Waals surface area contributed by atoms with Crippen molar-refractivity contribution >= 4 is 23.3 Å². The number of H-pyrrole nitrogens is 1. The van der Waals surface area contributed by atoms with Crippen LogP contribution in [-0.4, -0.2) is 26.1 Å². The molecule has 0 bridgehead atoms. The fraction of sp³-hybridized carbons (Fsp3) is 0.0909. The van der Waals surface area contributed by atoms with Gasteiger partial charge in [-0.25, -0.2) is 9.97 Å². The maximum atomic E-state index is 12.5. The molecule has 0 aliphatic rings. The molecule has 2 N–H and O–H groups in total. The number of hydrogen-bond donors (Lipinski definition) is 2. The number of aromatic nitrogens is 4. The number of hydrogen-bond acceptors (Lipinski definition) is 4. The Labute approximate surface area is 173 Å². The van der Waals surface area contributed by atoms with Crippen molar-refractivity contribution in [1.29, 1.82) is 0 Å². The summed E-state index contributed by atoms with van der Waals surface area (Å²) < 4.78 is 0. The van der Waals surface area contributed by atoms with Gasteiger partial charge in [-0.05, 0) is 53.4 Å². The van der Waals surface area contributed by atoms with Crippen molar-refractivity contribution in [2.75, 3.05) is 5.32 Å². The van der Waals surface area contributed by atoms with Gasteiger partial charge in [0, 0.05) is 17.6 Å². The van der Waals surface area contributed by atoms with E-state index < -0.39 is 5.91 Å². The number of rotatable bonds is 5. The maximum absolute atomic E-state index is 12.5. The van der Waals surface area contributed by atoms with Crippen molar-refractivity contribution in [3.8, 4) is 11.1 Å². The normalized spacial score (nSPS) is 10.7. The molecule has 0 aliphatic heterocycles. The monoisotopic (exact) mass is 403 g/mol. The number of carbonyl (C=O) groups is 1. The van der Waals surface area contributed by atoms with E-state index in [1.807, 2.05) is 61.5 Å². The van der Waals surface area contributed by atoms with Crippen LogP contribution in [0.1, 0.15) is 27.6 Å². The van der Waals surface area contributed by atoms with E-state index in [0.29, 0.717) is 23.1 Å². The van der Waals surface area contributed by atoms with Gasteiger partial charge in [-0.15, -0.1) is 5.10 Å². The molecule has 0 radical (unpaired) electrons. The fourth-order valence-electron chi connectivity index (χ4n) is 3.01. The molecular weight excluding hydrogens is 386 g/mol. The average Bonchev–Trinajstić information content (AvgIpc) is 3.19. The molecule has 0 spiro atoms. The fourth-order valence-corrected chi connectivity index (χ4v) is 3.18. The lowest BCUT2D eigenvalue weighted by molar-refractivity contribution is 0.101. The lowest BCUT2D eigenvalue weighted by Crippen LogP contribution is -2.14. The van der Waals surface area contributed by atoms with Crippen molar-refractivity contribution in [1.82, 2.24) is 20.2 Å². The summed E-state index contributed by atoms with van der Waals surface area (Å²) in [5, 5.41) is 10.2. The Balaban J connectivity index is 1.50. The number of aromatic amines is 1. The first kappa shape index (κ1) is 18.8. The van der Waals surface area contributed by atoms with Crippen LogP contribution in [0, 0.1) is 6.92 Å². The van der Waals surface area contributed by atoms with Gasteiger partial charge < -0.3 is 5.32 Å². The molecule has 4 rings (SSSR count). The van der Waals surface area contributed by atoms with Gasteiger partial charge in [0.15, 0.2) is 0 Å². The van der Waals surface area contributed by atoms with Crippen LogP contribution in [0.4, 0.5) is 5.82 Å². The average molecular weight is 404 g/mol. The predicted molar refractivity (Wildman–Crippen MR) is 113 cm³/mol. The molecule has 2 aromatic carbocycles. The van der Waals surface area contributed by atoms with E-state index in [4.69, 9.17) is 11.6 Å². The summed E-state index contributed by atoms with van der Waals surface area (Å²) in [5.41, 5.74) is 4.06. The number of aryl methyl sites for hydroxylation is 1. The number of carbonyl (C=O) groups excluding carboxylic acids is 1. The van der Waals surface area contributed by atoms with Crippen LogP contribution in [-0.2, 0) is 6.42 Å². The van der Waals surface area contributed by atoms with Crippen LogP contribution in [0.5, 0.6) is 0 Å². The summed E-state index contributed by atoms with van der Waals surface area (Å²) in [6.07, 6.45) is 2.22. The number of nitrogens with one attached hydrogen (secondary N) is 2. The van der Waals surface area contributed by atoms with Gasteiger partial charge in [0.25, 0.3) is 5.91 Å². The molecule has 0 unspecified atom stereocenters. The molecule has 7 heteroatoms. The Morgan fingerprint density at radius 3 is 2.76 bits per heavy atom. The van der Waals surface area contributed by atoms with Gasteiger partial charge in [-0.3, -0.25) is 9.89 Å². The van der Waals surface area contributed by atoms with Crippen LogP contribution in [0.25, 0.3) is 11.1 Å². The third kappa shape index (κ3) is 4.50. The molecule has 0 saturated heterocycles. The number of halogens is 1.